The Hall–Kier alpha value is -4.92. The molecule has 0 saturated carbocycles. The largest absolute Gasteiger partial charge is 0.489 e. The minimum atomic E-state index is -2.38. The number of hydrogen-bond acceptors (Lipinski definition) is 1. The first-order valence-corrected chi connectivity index (χ1v) is 20.8. The lowest BCUT2D eigenvalue weighted by molar-refractivity contribution is 0.367. The Bertz CT molecular complexity index is 2060. The van der Waals surface area contributed by atoms with Gasteiger partial charge < -0.3 is 4.74 Å². The van der Waals surface area contributed by atoms with Gasteiger partial charge in [-0.25, -0.2) is 0 Å². The third kappa shape index (κ3) is 6.11. The summed E-state index contributed by atoms with van der Waals surface area (Å²) in [7, 11) is -2.38. The van der Waals surface area contributed by atoms with Gasteiger partial charge in [-0.2, -0.15) is 0 Å². The Labute approximate surface area is 294 Å². The molecule has 0 saturated heterocycles. The fourth-order valence-electron chi connectivity index (χ4n) is 7.88. The topological polar surface area (TPSA) is 9.23 Å². The average Bonchev–Trinajstić information content (AvgIpc) is 3.48. The first-order valence-electron chi connectivity index (χ1n) is 17.7. The Morgan fingerprint density at radius 2 is 1.12 bits per heavy atom. The lowest BCUT2D eigenvalue weighted by Crippen LogP contribution is -2.48. The molecule has 0 atom stereocenters. The predicted molar refractivity (Wildman–Crippen MR) is 213 cm³/mol. The van der Waals surface area contributed by atoms with E-state index in [-0.39, 0.29) is 5.54 Å². The van der Waals surface area contributed by atoms with E-state index in [1.54, 1.807) is 0 Å². The highest BCUT2D eigenvalue weighted by Crippen LogP contribution is 2.52. The third-order valence-corrected chi connectivity index (χ3v) is 14.3. The van der Waals surface area contributed by atoms with Crippen molar-refractivity contribution >= 4 is 13.3 Å². The molecule has 2 heteroatoms. The quantitative estimate of drug-likeness (QED) is 0.105. The van der Waals surface area contributed by atoms with Gasteiger partial charge in [0.15, 0.2) is 0 Å². The van der Waals surface area contributed by atoms with Gasteiger partial charge in [0.05, 0.1) is 8.07 Å². The maximum absolute atomic E-state index is 6.70. The van der Waals surface area contributed by atoms with E-state index in [0.717, 1.165) is 24.2 Å². The molecule has 0 aromatic heterocycles. The van der Waals surface area contributed by atoms with Crippen molar-refractivity contribution in [1.82, 2.24) is 0 Å². The van der Waals surface area contributed by atoms with Gasteiger partial charge in [-0.15, -0.1) is 0 Å². The lowest BCUT2D eigenvalue weighted by atomic mass is 9.96. The molecule has 1 aliphatic rings. The summed E-state index contributed by atoms with van der Waals surface area (Å²) >= 11 is 0. The van der Waals surface area contributed by atoms with Crippen LogP contribution in [0.4, 0.5) is 0 Å². The van der Waals surface area contributed by atoms with Crippen LogP contribution in [0.5, 0.6) is 5.75 Å². The summed E-state index contributed by atoms with van der Waals surface area (Å²) in [6.45, 7) is 16.3. The summed E-state index contributed by atoms with van der Waals surface area (Å²) in [5.41, 5.74) is 17.3. The summed E-state index contributed by atoms with van der Waals surface area (Å²) in [5, 5.41) is 1.36. The number of benzene rings is 6. The summed E-state index contributed by atoms with van der Waals surface area (Å²) in [4.78, 5) is 0. The molecule has 7 rings (SSSR count). The van der Waals surface area contributed by atoms with Crippen molar-refractivity contribution in [2.24, 2.45) is 0 Å². The highest BCUT2D eigenvalue weighted by molar-refractivity contribution is 6.92. The zero-order valence-electron chi connectivity index (χ0n) is 29.5. The van der Waals surface area contributed by atoms with Crippen LogP contribution in [0.1, 0.15) is 47.2 Å². The molecule has 0 spiro atoms. The van der Waals surface area contributed by atoms with Crippen LogP contribution in [-0.4, -0.2) is 14.7 Å². The monoisotopic (exact) mass is 654 g/mol. The minimum Gasteiger partial charge on any atom is -0.489 e. The lowest BCUT2D eigenvalue weighted by Gasteiger charge is -2.34. The average molecular weight is 655 g/mol. The van der Waals surface area contributed by atoms with Gasteiger partial charge in [0.25, 0.3) is 0 Å². The van der Waals surface area contributed by atoms with E-state index in [0.29, 0.717) is 6.61 Å². The molecule has 0 radical (unpaired) electrons. The zero-order valence-corrected chi connectivity index (χ0v) is 30.5. The summed E-state index contributed by atoms with van der Waals surface area (Å²) < 4.78 is 6.70. The minimum absolute atomic E-state index is 0.234. The van der Waals surface area contributed by atoms with Crippen molar-refractivity contribution < 1.29 is 4.74 Å². The van der Waals surface area contributed by atoms with E-state index in [1.165, 1.54) is 71.9 Å². The van der Waals surface area contributed by atoms with Crippen LogP contribution in [-0.2, 0) is 12.8 Å². The van der Waals surface area contributed by atoms with Gasteiger partial charge in [0.1, 0.15) is 12.4 Å². The van der Waals surface area contributed by atoms with Crippen LogP contribution in [0.25, 0.3) is 44.5 Å². The van der Waals surface area contributed by atoms with E-state index in [4.69, 9.17) is 4.74 Å². The van der Waals surface area contributed by atoms with E-state index in [9.17, 15) is 0 Å². The van der Waals surface area contributed by atoms with Crippen molar-refractivity contribution in [3.8, 4) is 50.3 Å². The van der Waals surface area contributed by atoms with Crippen molar-refractivity contribution in [2.75, 3.05) is 6.61 Å². The first-order chi connectivity index (χ1) is 23.8. The van der Waals surface area contributed by atoms with E-state index in [1.807, 2.05) is 6.08 Å². The number of aryl methyl sites for hydroxylation is 3. The highest BCUT2D eigenvalue weighted by Gasteiger charge is 2.44. The molecule has 1 nitrogen and oxygen atoms in total. The van der Waals surface area contributed by atoms with Crippen molar-refractivity contribution in [3.63, 3.8) is 0 Å². The molecule has 0 bridgehead atoms. The molecule has 0 amide bonds. The Balaban J connectivity index is 1.47. The summed E-state index contributed by atoms with van der Waals surface area (Å²) in [6.07, 6.45) is 3.92. The maximum Gasteiger partial charge on any atom is 0.126 e. The van der Waals surface area contributed by atoms with Gasteiger partial charge in [-0.1, -0.05) is 166 Å². The Morgan fingerprint density at radius 3 is 1.65 bits per heavy atom. The van der Waals surface area contributed by atoms with Gasteiger partial charge >= 0.3 is 0 Å². The molecular formula is C47H46OSi. The van der Waals surface area contributed by atoms with Crippen LogP contribution in [0.3, 0.4) is 0 Å². The molecule has 244 valence electrons. The highest BCUT2D eigenvalue weighted by atomic mass is 28.3. The van der Waals surface area contributed by atoms with Crippen molar-refractivity contribution in [3.05, 3.63) is 168 Å². The molecule has 0 heterocycles. The Kier molecular flexibility index (Phi) is 9.01. The SMILES string of the molecule is C=CCOc1c(-c2ccccc2)cc(C)cc1[Si](C)(C)C1c2cc(-c3cccc(CC)c3)ccc2-c2ccc(-c3cccc(CC)c3)cc21. The van der Waals surface area contributed by atoms with E-state index < -0.39 is 8.07 Å². The molecule has 6 aromatic rings. The second kappa shape index (κ2) is 13.5. The van der Waals surface area contributed by atoms with Crippen molar-refractivity contribution in [1.29, 1.82) is 0 Å². The van der Waals surface area contributed by atoms with Crippen molar-refractivity contribution in [2.45, 2.75) is 52.2 Å². The van der Waals surface area contributed by atoms with E-state index >= 15 is 0 Å². The third-order valence-electron chi connectivity index (χ3n) is 10.4. The molecule has 6 aromatic carbocycles. The number of fused-ring (bicyclic) bond motifs is 3. The molecule has 1 aliphatic carbocycles. The zero-order chi connectivity index (χ0) is 34.1. The summed E-state index contributed by atoms with van der Waals surface area (Å²) in [5.74, 6) is 1.00. The predicted octanol–water partition coefficient (Wildman–Crippen LogP) is 12.0. The van der Waals surface area contributed by atoms with Crippen LogP contribution >= 0.6 is 0 Å². The fourth-order valence-corrected chi connectivity index (χ4v) is 11.6. The Morgan fingerprint density at radius 1 is 0.592 bits per heavy atom. The standard InChI is InChI=1S/C47H46OSi/c1-7-25-48-46-42(35-17-11-10-12-18-35)26-32(4)27-45(46)49(5,6)47-43-30-38(36-19-13-15-33(8-2)28-36)21-23-40(43)41-24-22-39(31-44(41)47)37-20-14-16-34(9-3)29-37/h7,10-24,26-31,47H,1,8-9,25H2,2-6H3. The number of rotatable bonds is 10. The van der Waals surface area contributed by atoms with Crippen LogP contribution in [0.15, 0.2) is 140 Å². The molecule has 0 N–H and O–H groups in total. The van der Waals surface area contributed by atoms with Crippen LogP contribution in [0, 0.1) is 6.92 Å². The smallest absolute Gasteiger partial charge is 0.126 e. The molecule has 0 unspecified atom stereocenters. The second-order valence-electron chi connectivity index (χ2n) is 14.0. The summed E-state index contributed by atoms with van der Waals surface area (Å²) in [6, 6.07) is 47.9. The second-order valence-corrected chi connectivity index (χ2v) is 18.6. The molecular weight excluding hydrogens is 609 g/mol. The number of ether oxygens (including phenoxy) is 1. The molecule has 0 aliphatic heterocycles. The number of hydrogen-bond donors (Lipinski definition) is 0. The molecule has 0 fully saturated rings. The van der Waals surface area contributed by atoms with Gasteiger partial charge in [0, 0.05) is 11.1 Å². The van der Waals surface area contributed by atoms with Crippen LogP contribution in [0.2, 0.25) is 13.1 Å². The van der Waals surface area contributed by atoms with E-state index in [2.05, 4.69) is 168 Å². The molecule has 49 heavy (non-hydrogen) atoms. The fraction of sp³-hybridized carbons (Fsp3) is 0.191. The normalized spacial score (nSPS) is 12.4. The van der Waals surface area contributed by atoms with Gasteiger partial charge in [-0.05, 0) is 92.2 Å². The van der Waals surface area contributed by atoms with Gasteiger partial charge in [0.2, 0.25) is 0 Å². The maximum atomic E-state index is 6.70. The van der Waals surface area contributed by atoms with Crippen LogP contribution < -0.4 is 9.92 Å². The van der Waals surface area contributed by atoms with Gasteiger partial charge in [-0.3, -0.25) is 0 Å². The first kappa shape index (κ1) is 32.6.